The average molecular weight is 693 g/mol. The van der Waals surface area contributed by atoms with Crippen LogP contribution < -0.4 is 5.63 Å². The number of allylic oxidation sites excluding steroid dienone is 1. The van der Waals surface area contributed by atoms with Gasteiger partial charge in [0.05, 0.1) is 30.7 Å². The summed E-state index contributed by atoms with van der Waals surface area (Å²) in [5, 5.41) is 74.7. The van der Waals surface area contributed by atoms with Crippen LogP contribution in [0.2, 0.25) is 0 Å². The van der Waals surface area contributed by atoms with Gasteiger partial charge >= 0.3 is 5.63 Å². The van der Waals surface area contributed by atoms with Crippen molar-refractivity contribution < 1.29 is 59.1 Å². The fraction of sp³-hybridized carbons (Fsp3) is 0.806. The summed E-state index contributed by atoms with van der Waals surface area (Å²) in [6.45, 7) is 5.53. The first-order chi connectivity index (χ1) is 23.2. The molecule has 13 nitrogen and oxygen atoms in total. The lowest BCUT2D eigenvalue weighted by atomic mass is 9.45. The average Bonchev–Trinajstić information content (AvgIpc) is 3.36. The Bertz CT molecular complexity index is 1430. The molecule has 274 valence electrons. The molecule has 6 aliphatic rings. The van der Waals surface area contributed by atoms with E-state index >= 15 is 0 Å². The third-order valence-corrected chi connectivity index (χ3v) is 13.6. The van der Waals surface area contributed by atoms with Gasteiger partial charge in [-0.15, -0.1) is 0 Å². The third-order valence-electron chi connectivity index (χ3n) is 13.6. The summed E-state index contributed by atoms with van der Waals surface area (Å²) in [7, 11) is 0. The van der Waals surface area contributed by atoms with Crippen LogP contribution >= 0.6 is 0 Å². The van der Waals surface area contributed by atoms with E-state index in [2.05, 4.69) is 19.9 Å². The molecule has 0 radical (unpaired) electrons. The van der Waals surface area contributed by atoms with E-state index < -0.39 is 73.6 Å². The van der Waals surface area contributed by atoms with Gasteiger partial charge in [0.2, 0.25) is 0 Å². The summed E-state index contributed by atoms with van der Waals surface area (Å²) in [5.74, 6) is 0.572. The van der Waals surface area contributed by atoms with Crippen LogP contribution in [0.5, 0.6) is 0 Å². The van der Waals surface area contributed by atoms with Gasteiger partial charge in [0, 0.05) is 11.5 Å². The molecule has 1 aromatic rings. The van der Waals surface area contributed by atoms with E-state index in [-0.39, 0.29) is 34.4 Å². The molecule has 2 saturated heterocycles. The fourth-order valence-corrected chi connectivity index (χ4v) is 10.7. The standard InChI is InChI=1S/C36H52O13/c1-17-31(49-33-29(42)27(40)26(39)24(15-37)48-33)28(41)30(43)32(46-17)47-20-8-11-34(2)19(14-20)5-6-23-22(34)9-12-35(3)21(10-13-36(23,35)44)18-4-7-25(38)45-16-18/h4,7,14,16-17,20-24,26-33,37,39-44H,5-6,8-13,15H2,1-3H3/t17?,20-,21+,22-,23+,24?,26+,27-,28+,29?,30?,31-,32-,33-,34-,35+,36-/m0/s1. The van der Waals surface area contributed by atoms with Crippen molar-refractivity contribution in [1.29, 1.82) is 0 Å². The van der Waals surface area contributed by atoms with Crippen LogP contribution in [0.15, 0.2) is 39.3 Å². The van der Waals surface area contributed by atoms with Crippen LogP contribution in [-0.4, -0.2) is 115 Å². The molecule has 0 amide bonds. The Morgan fingerprint density at radius 2 is 1.57 bits per heavy atom. The van der Waals surface area contributed by atoms with Gasteiger partial charge in [0.1, 0.15) is 42.7 Å². The van der Waals surface area contributed by atoms with Crippen LogP contribution in [0.1, 0.15) is 83.6 Å². The van der Waals surface area contributed by atoms with E-state index in [1.165, 1.54) is 11.6 Å². The Morgan fingerprint density at radius 3 is 2.29 bits per heavy atom. The SMILES string of the molecule is CC1O[C@@H](O[C@@H]2C=C3CC[C@@H]4[C@H](CC[C@]5(C)[C@@H](c6ccc(=O)oc6)CC[C@]45O)[C@@]3(C)CC2)C(O)[C@@H](O)[C@H]1O[C@@H]1OC(CO)[C@@H](O)[C@H](O)C1O. The molecule has 4 aliphatic carbocycles. The second kappa shape index (κ2) is 13.0. The van der Waals surface area contributed by atoms with Crippen LogP contribution in [0.3, 0.4) is 0 Å². The Kier molecular flexibility index (Phi) is 9.48. The molecule has 0 spiro atoms. The highest BCUT2D eigenvalue weighted by atomic mass is 16.7. The summed E-state index contributed by atoms with van der Waals surface area (Å²) in [5.41, 5.74) is 0.655. The van der Waals surface area contributed by atoms with E-state index in [9.17, 15) is 40.5 Å². The summed E-state index contributed by atoms with van der Waals surface area (Å²) in [6, 6.07) is 3.32. The molecular weight excluding hydrogens is 640 g/mol. The highest BCUT2D eigenvalue weighted by Crippen LogP contribution is 2.70. The first-order valence-corrected chi connectivity index (χ1v) is 17.9. The van der Waals surface area contributed by atoms with E-state index in [0.29, 0.717) is 18.8 Å². The summed E-state index contributed by atoms with van der Waals surface area (Å²) >= 11 is 0. The molecule has 3 heterocycles. The maximum atomic E-state index is 12.5. The lowest BCUT2D eigenvalue weighted by Crippen LogP contribution is -2.64. The van der Waals surface area contributed by atoms with Crippen LogP contribution in [0, 0.1) is 22.7 Å². The molecule has 5 fully saturated rings. The van der Waals surface area contributed by atoms with Crippen molar-refractivity contribution >= 4 is 0 Å². The lowest BCUT2D eigenvalue weighted by Gasteiger charge is -2.62. The quantitative estimate of drug-likeness (QED) is 0.207. The maximum Gasteiger partial charge on any atom is 0.335 e. The van der Waals surface area contributed by atoms with Crippen molar-refractivity contribution in [3.63, 3.8) is 0 Å². The van der Waals surface area contributed by atoms with Crippen LogP contribution in [0.4, 0.5) is 0 Å². The Morgan fingerprint density at radius 1 is 0.837 bits per heavy atom. The number of ether oxygens (including phenoxy) is 4. The zero-order valence-electron chi connectivity index (χ0n) is 28.3. The lowest BCUT2D eigenvalue weighted by molar-refractivity contribution is -0.357. The second-order valence-electron chi connectivity index (χ2n) is 15.9. The fourth-order valence-electron chi connectivity index (χ4n) is 10.7. The molecule has 7 rings (SSSR count). The summed E-state index contributed by atoms with van der Waals surface area (Å²) in [4.78, 5) is 11.6. The van der Waals surface area contributed by atoms with Gasteiger partial charge in [-0.3, -0.25) is 0 Å². The molecule has 1 aromatic heterocycles. The van der Waals surface area contributed by atoms with Crippen molar-refractivity contribution in [2.24, 2.45) is 22.7 Å². The number of fused-ring (bicyclic) bond motifs is 5. The number of aliphatic hydroxyl groups is 7. The van der Waals surface area contributed by atoms with Crippen LogP contribution in [0.25, 0.3) is 0 Å². The predicted molar refractivity (Wildman–Crippen MR) is 171 cm³/mol. The normalized spacial score (nSPS) is 51.3. The van der Waals surface area contributed by atoms with E-state index in [4.69, 9.17) is 23.4 Å². The predicted octanol–water partition coefficient (Wildman–Crippen LogP) is 0.838. The highest BCUT2D eigenvalue weighted by Gasteiger charge is 2.67. The summed E-state index contributed by atoms with van der Waals surface area (Å²) in [6.07, 6.45) is -3.69. The van der Waals surface area contributed by atoms with Crippen LogP contribution in [-0.2, 0) is 18.9 Å². The van der Waals surface area contributed by atoms with Crippen molar-refractivity contribution in [2.75, 3.05) is 6.61 Å². The number of aliphatic hydroxyl groups excluding tert-OH is 6. The van der Waals surface area contributed by atoms with Gasteiger partial charge in [-0.05, 0) is 93.1 Å². The Labute approximate surface area is 285 Å². The van der Waals surface area contributed by atoms with Gasteiger partial charge in [-0.2, -0.15) is 0 Å². The third kappa shape index (κ3) is 5.68. The van der Waals surface area contributed by atoms with Crippen molar-refractivity contribution in [3.8, 4) is 0 Å². The van der Waals surface area contributed by atoms with E-state index in [0.717, 1.165) is 44.1 Å². The van der Waals surface area contributed by atoms with Crippen molar-refractivity contribution in [2.45, 2.75) is 151 Å². The molecule has 17 atom stereocenters. The molecule has 3 saturated carbocycles. The minimum absolute atomic E-state index is 0.110. The second-order valence-corrected chi connectivity index (χ2v) is 15.9. The smallest absolute Gasteiger partial charge is 0.335 e. The first kappa shape index (κ1) is 35.6. The topological polar surface area (TPSA) is 209 Å². The number of rotatable bonds is 6. The molecule has 0 aromatic carbocycles. The van der Waals surface area contributed by atoms with Crippen molar-refractivity contribution in [3.05, 3.63) is 46.0 Å². The maximum absolute atomic E-state index is 12.5. The van der Waals surface area contributed by atoms with Gasteiger partial charge in [-0.1, -0.05) is 25.5 Å². The van der Waals surface area contributed by atoms with E-state index in [1.54, 1.807) is 13.2 Å². The Hall–Kier alpha value is -1.75. The molecule has 7 N–H and O–H groups in total. The zero-order valence-corrected chi connectivity index (χ0v) is 28.3. The van der Waals surface area contributed by atoms with Crippen molar-refractivity contribution in [1.82, 2.24) is 0 Å². The molecule has 2 aliphatic heterocycles. The molecule has 13 heteroatoms. The zero-order chi connectivity index (χ0) is 35.0. The Balaban J connectivity index is 1.01. The molecule has 49 heavy (non-hydrogen) atoms. The number of hydrogen-bond acceptors (Lipinski definition) is 13. The van der Waals surface area contributed by atoms with Gasteiger partial charge in [-0.25, -0.2) is 4.79 Å². The highest BCUT2D eigenvalue weighted by molar-refractivity contribution is 5.31. The molecular formula is C36H52O13. The minimum atomic E-state index is -1.66. The van der Waals surface area contributed by atoms with Gasteiger partial charge < -0.3 is 59.1 Å². The van der Waals surface area contributed by atoms with Gasteiger partial charge in [0.25, 0.3) is 0 Å². The monoisotopic (exact) mass is 692 g/mol. The summed E-state index contributed by atoms with van der Waals surface area (Å²) < 4.78 is 28.7. The minimum Gasteiger partial charge on any atom is -0.431 e. The number of hydrogen-bond donors (Lipinski definition) is 7. The largest absolute Gasteiger partial charge is 0.431 e. The van der Waals surface area contributed by atoms with E-state index in [1.807, 2.05) is 6.07 Å². The molecule has 4 unspecified atom stereocenters. The first-order valence-electron chi connectivity index (χ1n) is 17.9. The van der Waals surface area contributed by atoms with Gasteiger partial charge in [0.15, 0.2) is 12.6 Å². The molecule has 0 bridgehead atoms.